The first-order valence-electron chi connectivity index (χ1n) is 10.7. The van der Waals surface area contributed by atoms with Crippen LogP contribution in [0, 0.1) is 6.92 Å². The van der Waals surface area contributed by atoms with Gasteiger partial charge in [0, 0.05) is 35.3 Å². The van der Waals surface area contributed by atoms with Crippen LogP contribution in [0.3, 0.4) is 0 Å². The van der Waals surface area contributed by atoms with Crippen LogP contribution in [0.2, 0.25) is 0 Å². The summed E-state index contributed by atoms with van der Waals surface area (Å²) in [5.41, 5.74) is 3.67. The first-order chi connectivity index (χ1) is 16.8. The molecule has 4 rings (SSSR count). The lowest BCUT2D eigenvalue weighted by Gasteiger charge is -2.14. The number of nitrogens with one attached hydrogen (secondary N) is 2. The number of benzene rings is 3. The van der Waals surface area contributed by atoms with Gasteiger partial charge in [0.25, 0.3) is 5.91 Å². The molecule has 10 heteroatoms. The van der Waals surface area contributed by atoms with Crippen molar-refractivity contribution >= 4 is 34.4 Å². The van der Waals surface area contributed by atoms with E-state index in [1.807, 2.05) is 24.3 Å². The van der Waals surface area contributed by atoms with Gasteiger partial charge in [-0.05, 0) is 48.9 Å². The molecule has 10 nitrogen and oxygen atoms in total. The Bertz CT molecular complexity index is 1450. The highest BCUT2D eigenvalue weighted by Gasteiger charge is 2.16. The SMILES string of the molecule is CNc1nc(-c2cccc(NC(=O)c3ccc(C(=O)O)c(C)c3)c2)c2cc(OC)c(OC)cc2n1.O. The molecule has 1 amide bonds. The van der Waals surface area contributed by atoms with Crippen LogP contribution in [0.15, 0.2) is 54.6 Å². The van der Waals surface area contributed by atoms with Crippen LogP contribution < -0.4 is 20.1 Å². The second kappa shape index (κ2) is 10.7. The van der Waals surface area contributed by atoms with Crippen LogP contribution >= 0.6 is 0 Å². The van der Waals surface area contributed by atoms with Crippen molar-refractivity contribution in [1.29, 1.82) is 0 Å². The fraction of sp³-hybridized carbons (Fsp3) is 0.154. The normalized spacial score (nSPS) is 10.3. The van der Waals surface area contributed by atoms with E-state index in [1.165, 1.54) is 12.1 Å². The Hall–Kier alpha value is -4.70. The maximum absolute atomic E-state index is 12.8. The molecule has 1 aromatic heterocycles. The van der Waals surface area contributed by atoms with Crippen molar-refractivity contribution in [2.45, 2.75) is 6.92 Å². The second-order valence-electron chi connectivity index (χ2n) is 7.74. The van der Waals surface area contributed by atoms with Gasteiger partial charge in [-0.2, -0.15) is 0 Å². The van der Waals surface area contributed by atoms with Crippen molar-refractivity contribution < 1.29 is 29.6 Å². The zero-order chi connectivity index (χ0) is 25.1. The smallest absolute Gasteiger partial charge is 0.335 e. The molecule has 0 saturated heterocycles. The molecule has 4 aromatic rings. The molecule has 0 fully saturated rings. The van der Waals surface area contributed by atoms with E-state index in [1.54, 1.807) is 46.4 Å². The molecule has 0 unspecified atom stereocenters. The van der Waals surface area contributed by atoms with Gasteiger partial charge in [0.15, 0.2) is 11.5 Å². The number of carbonyl (C=O) groups is 2. The molecule has 36 heavy (non-hydrogen) atoms. The number of aryl methyl sites for hydroxylation is 1. The molecule has 0 aliphatic carbocycles. The Labute approximate surface area is 207 Å². The molecular formula is C26H26N4O6. The van der Waals surface area contributed by atoms with Crippen LogP contribution in [0.5, 0.6) is 11.5 Å². The van der Waals surface area contributed by atoms with Crippen molar-refractivity contribution in [3.63, 3.8) is 0 Å². The maximum Gasteiger partial charge on any atom is 0.335 e. The van der Waals surface area contributed by atoms with Gasteiger partial charge < -0.3 is 30.7 Å². The lowest BCUT2D eigenvalue weighted by atomic mass is 10.0. The molecule has 0 saturated carbocycles. The number of carboxylic acids is 1. The lowest BCUT2D eigenvalue weighted by molar-refractivity contribution is 0.0695. The van der Waals surface area contributed by atoms with E-state index in [2.05, 4.69) is 20.6 Å². The molecule has 0 aliphatic heterocycles. The van der Waals surface area contributed by atoms with Crippen molar-refractivity contribution in [2.75, 3.05) is 31.9 Å². The number of hydrogen-bond donors (Lipinski definition) is 3. The summed E-state index contributed by atoms with van der Waals surface area (Å²) >= 11 is 0. The number of carboxylic acid groups (broad SMARTS) is 1. The van der Waals surface area contributed by atoms with Gasteiger partial charge in [-0.3, -0.25) is 4.79 Å². The summed E-state index contributed by atoms with van der Waals surface area (Å²) in [4.78, 5) is 33.3. The fourth-order valence-electron chi connectivity index (χ4n) is 3.78. The van der Waals surface area contributed by atoms with Gasteiger partial charge in [0.05, 0.1) is 31.0 Å². The minimum Gasteiger partial charge on any atom is -0.493 e. The Balaban J connectivity index is 0.00000361. The second-order valence-corrected chi connectivity index (χ2v) is 7.74. The molecular weight excluding hydrogens is 464 g/mol. The highest BCUT2D eigenvalue weighted by molar-refractivity contribution is 6.05. The Kier molecular flexibility index (Phi) is 7.70. The summed E-state index contributed by atoms with van der Waals surface area (Å²) in [5, 5.41) is 15.8. The van der Waals surface area contributed by atoms with Gasteiger partial charge in [-0.1, -0.05) is 12.1 Å². The molecule has 0 spiro atoms. The van der Waals surface area contributed by atoms with Crippen molar-refractivity contribution in [3.05, 3.63) is 71.3 Å². The summed E-state index contributed by atoms with van der Waals surface area (Å²) < 4.78 is 10.9. The van der Waals surface area contributed by atoms with Crippen LogP contribution in [0.4, 0.5) is 11.6 Å². The largest absolute Gasteiger partial charge is 0.493 e. The van der Waals surface area contributed by atoms with Crippen LogP contribution in [0.1, 0.15) is 26.3 Å². The first-order valence-corrected chi connectivity index (χ1v) is 10.7. The van der Waals surface area contributed by atoms with Gasteiger partial charge >= 0.3 is 5.97 Å². The molecule has 5 N–H and O–H groups in total. The third kappa shape index (κ3) is 5.03. The molecule has 0 atom stereocenters. The molecule has 1 heterocycles. The minimum absolute atomic E-state index is 0. The molecule has 186 valence electrons. The van der Waals surface area contributed by atoms with Crippen molar-refractivity contribution in [1.82, 2.24) is 9.97 Å². The van der Waals surface area contributed by atoms with Crippen LogP contribution in [-0.4, -0.2) is 53.7 Å². The van der Waals surface area contributed by atoms with Gasteiger partial charge in [0.1, 0.15) is 0 Å². The summed E-state index contributed by atoms with van der Waals surface area (Å²) in [6, 6.07) is 15.4. The Morgan fingerprint density at radius 1 is 0.944 bits per heavy atom. The van der Waals surface area contributed by atoms with E-state index in [9.17, 15) is 14.7 Å². The monoisotopic (exact) mass is 490 g/mol. The van der Waals surface area contributed by atoms with E-state index in [-0.39, 0.29) is 16.9 Å². The first kappa shape index (κ1) is 25.9. The average Bonchev–Trinajstić information content (AvgIpc) is 2.86. The number of carbonyl (C=O) groups excluding carboxylic acids is 1. The van der Waals surface area contributed by atoms with E-state index in [4.69, 9.17) is 9.47 Å². The molecule has 3 aromatic carbocycles. The standard InChI is InChI=1S/C26H24N4O5.H2O/c1-14-10-16(8-9-18(14)25(32)33)24(31)28-17-7-5-6-15(11-17)23-19-12-21(34-3)22(35-4)13-20(19)29-26(27-2)30-23;/h5-13H,1-4H3,(H,28,31)(H,32,33)(H,27,29,30);1H2. The number of anilines is 2. The quantitative estimate of drug-likeness (QED) is 0.353. The zero-order valence-electron chi connectivity index (χ0n) is 20.2. The summed E-state index contributed by atoms with van der Waals surface area (Å²) in [7, 11) is 4.86. The highest BCUT2D eigenvalue weighted by Crippen LogP contribution is 2.36. The van der Waals surface area contributed by atoms with Gasteiger partial charge in [0.2, 0.25) is 5.95 Å². The van der Waals surface area contributed by atoms with Crippen molar-refractivity contribution in [3.8, 4) is 22.8 Å². The lowest BCUT2D eigenvalue weighted by Crippen LogP contribution is -2.13. The summed E-state index contributed by atoms with van der Waals surface area (Å²) in [6.07, 6.45) is 0. The number of aromatic nitrogens is 2. The summed E-state index contributed by atoms with van der Waals surface area (Å²) in [6.45, 7) is 1.66. The number of amides is 1. The predicted molar refractivity (Wildman–Crippen MR) is 137 cm³/mol. The third-order valence-corrected chi connectivity index (χ3v) is 5.54. The summed E-state index contributed by atoms with van der Waals surface area (Å²) in [5.74, 6) is 0.151. The van der Waals surface area contributed by atoms with E-state index in [0.717, 1.165) is 10.9 Å². The highest BCUT2D eigenvalue weighted by atomic mass is 16.5. The number of hydrogen-bond acceptors (Lipinski definition) is 7. The number of methoxy groups -OCH3 is 2. The third-order valence-electron chi connectivity index (χ3n) is 5.54. The fourth-order valence-corrected chi connectivity index (χ4v) is 3.78. The Morgan fingerprint density at radius 2 is 1.67 bits per heavy atom. The number of fused-ring (bicyclic) bond motifs is 1. The number of aromatic carboxylic acids is 1. The molecule has 0 radical (unpaired) electrons. The Morgan fingerprint density at radius 3 is 2.31 bits per heavy atom. The maximum atomic E-state index is 12.8. The van der Waals surface area contributed by atoms with Gasteiger partial charge in [-0.15, -0.1) is 0 Å². The topological polar surface area (TPSA) is 154 Å². The minimum atomic E-state index is -1.03. The predicted octanol–water partition coefficient (Wildman–Crippen LogP) is 3.79. The van der Waals surface area contributed by atoms with E-state index >= 15 is 0 Å². The average molecular weight is 491 g/mol. The van der Waals surface area contributed by atoms with E-state index in [0.29, 0.717) is 45.5 Å². The number of rotatable bonds is 7. The van der Waals surface area contributed by atoms with Crippen LogP contribution in [-0.2, 0) is 0 Å². The molecule has 0 aliphatic rings. The number of ether oxygens (including phenoxy) is 2. The zero-order valence-corrected chi connectivity index (χ0v) is 20.2. The van der Waals surface area contributed by atoms with Gasteiger partial charge in [-0.25, -0.2) is 14.8 Å². The van der Waals surface area contributed by atoms with E-state index < -0.39 is 5.97 Å². The molecule has 0 bridgehead atoms. The van der Waals surface area contributed by atoms with Crippen LogP contribution in [0.25, 0.3) is 22.2 Å². The number of nitrogens with zero attached hydrogens (tertiary/aromatic N) is 2. The van der Waals surface area contributed by atoms with Crippen molar-refractivity contribution in [2.24, 2.45) is 0 Å².